The number of hydrogen-bond donors (Lipinski definition) is 0. The highest BCUT2D eigenvalue weighted by Crippen LogP contribution is 2.23. The zero-order valence-electron chi connectivity index (χ0n) is 11.6. The van der Waals surface area contributed by atoms with Crippen molar-refractivity contribution in [3.05, 3.63) is 51.2 Å². The van der Waals surface area contributed by atoms with Crippen molar-refractivity contribution in [2.24, 2.45) is 0 Å². The molecule has 0 fully saturated rings. The van der Waals surface area contributed by atoms with E-state index in [0.29, 0.717) is 15.9 Å². The van der Waals surface area contributed by atoms with E-state index < -0.39 is 0 Å². The minimum absolute atomic E-state index is 0.0729. The second kappa shape index (κ2) is 6.60. The molecular formula is C14H11ClN4OS2. The molecule has 8 heteroatoms. The monoisotopic (exact) mass is 350 g/mol. The predicted octanol–water partition coefficient (Wildman–Crippen LogP) is 3.66. The predicted molar refractivity (Wildman–Crippen MR) is 88.3 cm³/mol. The van der Waals surface area contributed by atoms with Gasteiger partial charge in [0.15, 0.2) is 5.78 Å². The van der Waals surface area contributed by atoms with Crippen molar-refractivity contribution in [2.45, 2.75) is 12.1 Å². The first-order valence-electron chi connectivity index (χ1n) is 6.40. The second-order valence-corrected chi connectivity index (χ2v) is 7.14. The van der Waals surface area contributed by atoms with Crippen LogP contribution in [-0.4, -0.2) is 31.7 Å². The zero-order chi connectivity index (χ0) is 15.5. The van der Waals surface area contributed by atoms with E-state index in [4.69, 9.17) is 11.6 Å². The van der Waals surface area contributed by atoms with Gasteiger partial charge in [-0.25, -0.2) is 0 Å². The maximum Gasteiger partial charge on any atom is 0.214 e. The molecule has 0 aliphatic heterocycles. The topological polar surface area (TPSA) is 60.7 Å². The number of halogens is 1. The molecule has 0 saturated carbocycles. The molecule has 2 aromatic heterocycles. The molecule has 3 rings (SSSR count). The minimum Gasteiger partial charge on any atom is -0.292 e. The van der Waals surface area contributed by atoms with E-state index in [1.807, 2.05) is 31.2 Å². The van der Waals surface area contributed by atoms with Gasteiger partial charge in [-0.3, -0.25) is 4.79 Å². The van der Waals surface area contributed by atoms with Crippen LogP contribution in [0.2, 0.25) is 5.02 Å². The Balaban J connectivity index is 1.74. The number of aryl methyl sites for hydroxylation is 1. The van der Waals surface area contributed by atoms with Crippen LogP contribution in [-0.2, 0) is 0 Å². The quantitative estimate of drug-likeness (QED) is 0.519. The fourth-order valence-corrected chi connectivity index (χ4v) is 3.68. The molecule has 0 bridgehead atoms. The van der Waals surface area contributed by atoms with Crippen molar-refractivity contribution >= 4 is 40.5 Å². The fraction of sp³-hybridized carbons (Fsp3) is 0.143. The van der Waals surface area contributed by atoms with Crippen LogP contribution in [0.4, 0.5) is 0 Å². The van der Waals surface area contributed by atoms with Crippen molar-refractivity contribution in [3.8, 4) is 5.69 Å². The Morgan fingerprint density at radius 1 is 1.36 bits per heavy atom. The first-order chi connectivity index (χ1) is 10.6. The lowest BCUT2D eigenvalue weighted by molar-refractivity contribution is 0.102. The zero-order valence-corrected chi connectivity index (χ0v) is 14.0. The Labute approximate surface area is 140 Å². The molecule has 3 aromatic rings. The lowest BCUT2D eigenvalue weighted by atomic mass is 10.3. The van der Waals surface area contributed by atoms with E-state index in [0.717, 1.165) is 15.4 Å². The third kappa shape index (κ3) is 3.37. The average molecular weight is 351 g/mol. The summed E-state index contributed by atoms with van der Waals surface area (Å²) in [5.74, 6) is 0.365. The molecular weight excluding hydrogens is 340 g/mol. The van der Waals surface area contributed by atoms with Crippen LogP contribution in [0, 0.1) is 6.92 Å². The van der Waals surface area contributed by atoms with Gasteiger partial charge in [-0.05, 0) is 47.7 Å². The Bertz CT molecular complexity index is 815. The van der Waals surface area contributed by atoms with E-state index in [-0.39, 0.29) is 5.78 Å². The molecule has 0 radical (unpaired) electrons. The van der Waals surface area contributed by atoms with Gasteiger partial charge in [-0.15, -0.1) is 16.4 Å². The third-order valence-corrected chi connectivity index (χ3v) is 5.04. The minimum atomic E-state index is 0.0729. The molecule has 112 valence electrons. The molecule has 0 unspecified atom stereocenters. The number of benzene rings is 1. The Kier molecular flexibility index (Phi) is 4.56. The first-order valence-corrected chi connectivity index (χ1v) is 8.58. The summed E-state index contributed by atoms with van der Waals surface area (Å²) in [6.07, 6.45) is 0. The highest BCUT2D eigenvalue weighted by molar-refractivity contribution is 7.99. The molecule has 0 aliphatic rings. The average Bonchev–Trinajstić information content (AvgIpc) is 3.13. The molecule has 0 N–H and O–H groups in total. The van der Waals surface area contributed by atoms with Gasteiger partial charge in [0.2, 0.25) is 5.16 Å². The van der Waals surface area contributed by atoms with Gasteiger partial charge in [-0.2, -0.15) is 4.68 Å². The maximum atomic E-state index is 12.1. The van der Waals surface area contributed by atoms with E-state index >= 15 is 0 Å². The van der Waals surface area contributed by atoms with Crippen LogP contribution in [0.15, 0.2) is 41.6 Å². The number of carbonyl (C=O) groups excluding carboxylic acids is 1. The van der Waals surface area contributed by atoms with E-state index in [1.165, 1.54) is 23.1 Å². The van der Waals surface area contributed by atoms with Gasteiger partial charge in [0.25, 0.3) is 0 Å². The first kappa shape index (κ1) is 15.2. The van der Waals surface area contributed by atoms with Gasteiger partial charge >= 0.3 is 0 Å². The van der Waals surface area contributed by atoms with Gasteiger partial charge in [0.05, 0.1) is 16.3 Å². The van der Waals surface area contributed by atoms with E-state index in [1.54, 1.807) is 16.8 Å². The molecule has 0 atom stereocenters. The van der Waals surface area contributed by atoms with Crippen LogP contribution in [0.5, 0.6) is 0 Å². The summed E-state index contributed by atoms with van der Waals surface area (Å²) < 4.78 is 1.57. The summed E-state index contributed by atoms with van der Waals surface area (Å²) in [5.41, 5.74) is 0.763. The molecule has 2 heterocycles. The van der Waals surface area contributed by atoms with Crippen molar-refractivity contribution < 1.29 is 4.79 Å². The lowest BCUT2D eigenvalue weighted by Crippen LogP contribution is -2.03. The number of nitrogens with zero attached hydrogens (tertiary/aromatic N) is 4. The van der Waals surface area contributed by atoms with Gasteiger partial charge in [-0.1, -0.05) is 29.4 Å². The van der Waals surface area contributed by atoms with Crippen LogP contribution in [0.25, 0.3) is 5.69 Å². The maximum absolute atomic E-state index is 12.1. The molecule has 0 amide bonds. The summed E-state index contributed by atoms with van der Waals surface area (Å²) in [4.78, 5) is 14.0. The normalized spacial score (nSPS) is 10.8. The summed E-state index contributed by atoms with van der Waals surface area (Å²) >= 11 is 8.79. The second-order valence-electron chi connectivity index (χ2n) is 4.48. The smallest absolute Gasteiger partial charge is 0.214 e. The largest absolute Gasteiger partial charge is 0.292 e. The Hall–Kier alpha value is -1.70. The summed E-state index contributed by atoms with van der Waals surface area (Å²) in [5, 5.41) is 12.8. The van der Waals surface area contributed by atoms with Gasteiger partial charge in [0.1, 0.15) is 0 Å². The van der Waals surface area contributed by atoms with Crippen LogP contribution in [0.3, 0.4) is 0 Å². The van der Waals surface area contributed by atoms with Crippen LogP contribution in [0.1, 0.15) is 14.5 Å². The van der Waals surface area contributed by atoms with Gasteiger partial charge in [0, 0.05) is 9.90 Å². The standard InChI is InChI=1S/C14H11ClN4OS2/c1-9-5-6-13(22-9)12(20)8-21-14-16-17-18-19(14)11-4-2-3-10(15)7-11/h2-7H,8H2,1H3. The van der Waals surface area contributed by atoms with Crippen LogP contribution < -0.4 is 0 Å². The van der Waals surface area contributed by atoms with E-state index in [2.05, 4.69) is 15.5 Å². The number of thioether (sulfide) groups is 1. The third-order valence-electron chi connectivity index (χ3n) is 2.84. The van der Waals surface area contributed by atoms with Crippen LogP contribution >= 0.6 is 34.7 Å². The Morgan fingerprint density at radius 3 is 2.95 bits per heavy atom. The fourth-order valence-electron chi connectivity index (χ4n) is 1.82. The summed E-state index contributed by atoms with van der Waals surface area (Å²) in [7, 11) is 0. The number of hydrogen-bond acceptors (Lipinski definition) is 6. The van der Waals surface area contributed by atoms with Crippen molar-refractivity contribution in [1.29, 1.82) is 0 Å². The molecule has 22 heavy (non-hydrogen) atoms. The molecule has 0 saturated heterocycles. The summed E-state index contributed by atoms with van der Waals surface area (Å²) in [6, 6.07) is 11.0. The van der Waals surface area contributed by atoms with Crippen molar-refractivity contribution in [3.63, 3.8) is 0 Å². The number of tetrazole rings is 1. The van der Waals surface area contributed by atoms with E-state index in [9.17, 15) is 4.79 Å². The number of carbonyl (C=O) groups is 1. The number of rotatable bonds is 5. The molecule has 0 aliphatic carbocycles. The van der Waals surface area contributed by atoms with Crippen molar-refractivity contribution in [2.75, 3.05) is 5.75 Å². The highest BCUT2D eigenvalue weighted by atomic mass is 35.5. The number of ketones is 1. The van der Waals surface area contributed by atoms with Crippen molar-refractivity contribution in [1.82, 2.24) is 20.2 Å². The number of thiophene rings is 1. The number of Topliss-reactive ketones (excluding diaryl/α,β-unsaturated/α-hetero) is 1. The Morgan fingerprint density at radius 2 is 2.23 bits per heavy atom. The summed E-state index contributed by atoms with van der Waals surface area (Å²) in [6.45, 7) is 1.98. The van der Waals surface area contributed by atoms with Gasteiger partial charge < -0.3 is 0 Å². The molecule has 5 nitrogen and oxygen atoms in total. The SMILES string of the molecule is Cc1ccc(C(=O)CSc2nnnn2-c2cccc(Cl)c2)s1. The number of aromatic nitrogens is 4. The lowest BCUT2D eigenvalue weighted by Gasteiger charge is -2.03. The molecule has 1 aromatic carbocycles. The highest BCUT2D eigenvalue weighted by Gasteiger charge is 2.14. The molecule has 0 spiro atoms.